The highest BCUT2D eigenvalue weighted by atomic mass is 32.1. The van der Waals surface area contributed by atoms with Crippen LogP contribution in [0.15, 0.2) is 47.8 Å². The highest BCUT2D eigenvalue weighted by Crippen LogP contribution is 2.31. The molecule has 30 heavy (non-hydrogen) atoms. The maximum atomic E-state index is 13.3. The molecular weight excluding hydrogens is 418 g/mol. The molecule has 2 heterocycles. The van der Waals surface area contributed by atoms with Crippen LogP contribution < -0.4 is 0 Å². The van der Waals surface area contributed by atoms with E-state index in [2.05, 4.69) is 0 Å². The summed E-state index contributed by atoms with van der Waals surface area (Å²) in [6.45, 7) is 3.30. The maximum Gasteiger partial charge on any atom is 0.256 e. The van der Waals surface area contributed by atoms with E-state index in [9.17, 15) is 19.5 Å². The first-order chi connectivity index (χ1) is 14.3. The molecule has 0 saturated carbocycles. The lowest BCUT2D eigenvalue weighted by Crippen LogP contribution is -2.34. The van der Waals surface area contributed by atoms with Crippen molar-refractivity contribution < 1.29 is 19.5 Å². The van der Waals surface area contributed by atoms with Crippen LogP contribution in [0.25, 0.3) is 20.2 Å². The number of ketones is 2. The van der Waals surface area contributed by atoms with Crippen molar-refractivity contribution >= 4 is 60.3 Å². The van der Waals surface area contributed by atoms with Crippen LogP contribution in [0.3, 0.4) is 0 Å². The first-order valence-corrected chi connectivity index (χ1v) is 11.0. The Morgan fingerprint density at radius 3 is 2.53 bits per heavy atom. The average Bonchev–Trinajstić information content (AvgIpc) is 3.30. The summed E-state index contributed by atoms with van der Waals surface area (Å²) in [4.78, 5) is 39.0. The molecule has 0 saturated heterocycles. The topological polar surface area (TPSA) is 74.7 Å². The number of hydrogen-bond donors (Lipinski definition) is 1. The number of rotatable bonds is 6. The lowest BCUT2D eigenvalue weighted by molar-refractivity contribution is -0.117. The molecule has 0 aliphatic heterocycles. The fourth-order valence-electron chi connectivity index (χ4n) is 3.41. The number of amides is 1. The zero-order chi connectivity index (χ0) is 21.4. The Morgan fingerprint density at radius 1 is 1.00 bits per heavy atom. The van der Waals surface area contributed by atoms with Gasteiger partial charge in [-0.2, -0.15) is 0 Å². The monoisotopic (exact) mass is 437 g/mol. The quantitative estimate of drug-likeness (QED) is 0.418. The summed E-state index contributed by atoms with van der Waals surface area (Å²) >= 11 is 2.83. The lowest BCUT2D eigenvalue weighted by Gasteiger charge is -2.21. The Morgan fingerprint density at radius 2 is 1.80 bits per heavy atom. The standard InChI is InChI=1S/C23H19NO4S2/c1-13(25)10-24(23(28)19-12-29-22-9-17(27)4-5-18(19)22)11-15-3-6-20-16(7-15)8-21(30-20)14(2)26/h3-9,12,27H,10-11H2,1-2H3. The fourth-order valence-corrected chi connectivity index (χ4v) is 5.31. The minimum absolute atomic E-state index is 0.00856. The first-order valence-electron chi connectivity index (χ1n) is 9.34. The van der Waals surface area contributed by atoms with E-state index in [1.165, 1.54) is 34.5 Å². The predicted octanol–water partition coefficient (Wildman–Crippen LogP) is 5.26. The molecule has 0 spiro atoms. The number of nitrogens with zero attached hydrogens (tertiary/aromatic N) is 1. The van der Waals surface area contributed by atoms with Crippen LogP contribution in [0.1, 0.15) is 39.4 Å². The Kier molecular flexibility index (Phi) is 5.40. The number of hydrogen-bond acceptors (Lipinski definition) is 6. The van der Waals surface area contributed by atoms with Gasteiger partial charge in [0, 0.05) is 26.7 Å². The second-order valence-corrected chi connectivity index (χ2v) is 9.23. The third-order valence-electron chi connectivity index (χ3n) is 4.79. The molecule has 0 unspecified atom stereocenters. The number of thiophene rings is 2. The second kappa shape index (κ2) is 8.01. The van der Waals surface area contributed by atoms with Gasteiger partial charge in [0.1, 0.15) is 11.5 Å². The molecule has 0 atom stereocenters. The Labute approximate surface area is 181 Å². The SMILES string of the molecule is CC(=O)CN(Cc1ccc2sc(C(C)=O)cc2c1)C(=O)c1csc2cc(O)ccc12. The van der Waals surface area contributed by atoms with Crippen molar-refractivity contribution in [2.24, 2.45) is 0 Å². The van der Waals surface area contributed by atoms with Gasteiger partial charge in [-0.15, -0.1) is 22.7 Å². The summed E-state index contributed by atoms with van der Waals surface area (Å²) in [5.41, 5.74) is 1.41. The van der Waals surface area contributed by atoms with E-state index in [0.29, 0.717) is 10.4 Å². The summed E-state index contributed by atoms with van der Waals surface area (Å²) in [6, 6.07) is 12.6. The lowest BCUT2D eigenvalue weighted by atomic mass is 10.1. The average molecular weight is 438 g/mol. The van der Waals surface area contributed by atoms with Gasteiger partial charge in [-0.3, -0.25) is 14.4 Å². The molecule has 1 amide bonds. The van der Waals surface area contributed by atoms with Gasteiger partial charge < -0.3 is 10.0 Å². The van der Waals surface area contributed by atoms with E-state index >= 15 is 0 Å². The van der Waals surface area contributed by atoms with Crippen LogP contribution >= 0.6 is 22.7 Å². The predicted molar refractivity (Wildman–Crippen MR) is 121 cm³/mol. The number of phenols is 1. The van der Waals surface area contributed by atoms with Gasteiger partial charge >= 0.3 is 0 Å². The number of carbonyl (C=O) groups is 3. The molecule has 2 aromatic heterocycles. The Bertz CT molecular complexity index is 1300. The zero-order valence-electron chi connectivity index (χ0n) is 16.5. The van der Waals surface area contributed by atoms with Crippen LogP contribution in [0.5, 0.6) is 5.75 Å². The van der Waals surface area contributed by atoms with E-state index in [1.54, 1.807) is 30.5 Å². The second-order valence-electron chi connectivity index (χ2n) is 7.23. The fraction of sp³-hybridized carbons (Fsp3) is 0.174. The van der Waals surface area contributed by atoms with Crippen LogP contribution in [-0.4, -0.2) is 34.0 Å². The van der Waals surface area contributed by atoms with Crippen molar-refractivity contribution in [3.8, 4) is 5.75 Å². The van der Waals surface area contributed by atoms with Crippen molar-refractivity contribution in [1.29, 1.82) is 0 Å². The molecular formula is C23H19NO4S2. The molecule has 0 aliphatic carbocycles. The molecule has 0 fully saturated rings. The number of carbonyl (C=O) groups excluding carboxylic acids is 3. The van der Waals surface area contributed by atoms with Crippen LogP contribution in [0.4, 0.5) is 0 Å². The van der Waals surface area contributed by atoms with Crippen LogP contribution in [0.2, 0.25) is 0 Å². The van der Waals surface area contributed by atoms with Gasteiger partial charge in [0.2, 0.25) is 0 Å². The molecule has 2 aromatic carbocycles. The van der Waals surface area contributed by atoms with Gasteiger partial charge in [-0.25, -0.2) is 0 Å². The minimum Gasteiger partial charge on any atom is -0.508 e. The van der Waals surface area contributed by atoms with Crippen molar-refractivity contribution in [3.05, 3.63) is 63.8 Å². The van der Waals surface area contributed by atoms with Crippen LogP contribution in [-0.2, 0) is 11.3 Å². The van der Waals surface area contributed by atoms with Crippen molar-refractivity contribution in [2.75, 3.05) is 6.54 Å². The number of benzene rings is 2. The number of Topliss-reactive ketones (excluding diaryl/α,β-unsaturated/α-hetero) is 2. The van der Waals surface area contributed by atoms with Gasteiger partial charge in [-0.1, -0.05) is 6.07 Å². The van der Waals surface area contributed by atoms with E-state index in [4.69, 9.17) is 0 Å². The summed E-state index contributed by atoms with van der Waals surface area (Å²) in [7, 11) is 0. The van der Waals surface area contributed by atoms with Crippen molar-refractivity contribution in [3.63, 3.8) is 0 Å². The molecule has 0 bridgehead atoms. The molecule has 4 aromatic rings. The van der Waals surface area contributed by atoms with E-state index in [1.807, 2.05) is 24.3 Å². The summed E-state index contributed by atoms with van der Waals surface area (Å²) < 4.78 is 1.83. The summed E-state index contributed by atoms with van der Waals surface area (Å²) in [6.07, 6.45) is 0. The molecule has 4 rings (SSSR count). The molecule has 152 valence electrons. The maximum absolute atomic E-state index is 13.3. The normalized spacial score (nSPS) is 11.1. The van der Waals surface area contributed by atoms with Gasteiger partial charge in [-0.05, 0) is 61.2 Å². The third kappa shape index (κ3) is 3.99. The summed E-state index contributed by atoms with van der Waals surface area (Å²) in [5.74, 6) is -0.146. The molecule has 7 heteroatoms. The highest BCUT2D eigenvalue weighted by molar-refractivity contribution is 7.20. The van der Waals surface area contributed by atoms with E-state index in [-0.39, 0.29) is 36.3 Å². The number of aromatic hydroxyl groups is 1. The third-order valence-corrected chi connectivity index (χ3v) is 6.95. The number of fused-ring (bicyclic) bond motifs is 2. The zero-order valence-corrected chi connectivity index (χ0v) is 18.1. The first kappa shape index (κ1) is 20.3. The smallest absolute Gasteiger partial charge is 0.256 e. The Balaban J connectivity index is 1.66. The highest BCUT2D eigenvalue weighted by Gasteiger charge is 2.21. The minimum atomic E-state index is -0.225. The van der Waals surface area contributed by atoms with Gasteiger partial charge in [0.15, 0.2) is 5.78 Å². The Hall–Kier alpha value is -3.03. The van der Waals surface area contributed by atoms with Crippen molar-refractivity contribution in [2.45, 2.75) is 20.4 Å². The summed E-state index contributed by atoms with van der Waals surface area (Å²) in [5, 5.41) is 13.1. The molecule has 1 N–H and O–H groups in total. The van der Waals surface area contributed by atoms with Crippen LogP contribution in [0, 0.1) is 0 Å². The number of phenolic OH excluding ortho intramolecular Hbond substituents is 1. The molecule has 0 radical (unpaired) electrons. The molecule has 0 aliphatic rings. The van der Waals surface area contributed by atoms with Gasteiger partial charge in [0.25, 0.3) is 5.91 Å². The van der Waals surface area contributed by atoms with E-state index < -0.39 is 0 Å². The molecule has 5 nitrogen and oxygen atoms in total. The van der Waals surface area contributed by atoms with Gasteiger partial charge in [0.05, 0.1) is 17.0 Å². The van der Waals surface area contributed by atoms with Crippen molar-refractivity contribution in [1.82, 2.24) is 4.90 Å². The largest absolute Gasteiger partial charge is 0.508 e. The van der Waals surface area contributed by atoms with E-state index in [0.717, 1.165) is 25.7 Å².